The number of hydrogen-bond acceptors (Lipinski definition) is 9. The predicted octanol–water partition coefficient (Wildman–Crippen LogP) is 2.46. The highest BCUT2D eigenvalue weighted by Gasteiger charge is 2.38. The van der Waals surface area contributed by atoms with E-state index in [1.54, 1.807) is 0 Å². The van der Waals surface area contributed by atoms with E-state index in [-0.39, 0.29) is 34.5 Å². The number of carboxylic acid groups (broad SMARTS) is 1. The Morgan fingerprint density at radius 1 is 1.00 bits per heavy atom. The lowest BCUT2D eigenvalue weighted by molar-refractivity contribution is -0.192. The summed E-state index contributed by atoms with van der Waals surface area (Å²) < 4.78 is 47.7. The average molecular weight is 544 g/mol. The first-order valence-corrected chi connectivity index (χ1v) is 11.1. The number of ether oxygens (including phenoxy) is 3. The number of carboxylic acids is 1. The second-order valence-corrected chi connectivity index (χ2v) is 7.95. The van der Waals surface area contributed by atoms with Crippen LogP contribution in [0, 0.1) is 0 Å². The number of aliphatic carboxylic acids is 1. The van der Waals surface area contributed by atoms with Gasteiger partial charge in [-0.05, 0) is 55.8 Å². The third kappa shape index (κ3) is 8.44. The molecule has 0 aliphatic carbocycles. The van der Waals surface area contributed by atoms with Crippen molar-refractivity contribution in [2.45, 2.75) is 31.2 Å². The Balaban J connectivity index is 0.000000638. The van der Waals surface area contributed by atoms with Crippen LogP contribution in [-0.2, 0) is 9.53 Å². The summed E-state index contributed by atoms with van der Waals surface area (Å²) in [4.78, 5) is 34.4. The lowest BCUT2D eigenvalue weighted by Gasteiger charge is -2.26. The van der Waals surface area contributed by atoms with Gasteiger partial charge in [0.1, 0.15) is 11.9 Å². The number of halogens is 3. The first-order valence-electron chi connectivity index (χ1n) is 11.1. The summed E-state index contributed by atoms with van der Waals surface area (Å²) in [5, 5.41) is 32.7. The fraction of sp³-hybridized carbons (Fsp3) is 0.375. The van der Waals surface area contributed by atoms with Gasteiger partial charge in [0.2, 0.25) is 5.75 Å². The largest absolute Gasteiger partial charge is 0.508 e. The average Bonchev–Trinajstić information content (AvgIpc) is 3.09. The molecule has 2 atom stereocenters. The van der Waals surface area contributed by atoms with E-state index in [9.17, 15) is 33.0 Å². The normalized spacial score (nSPS) is 17.2. The van der Waals surface area contributed by atoms with Crippen molar-refractivity contribution in [2.75, 3.05) is 27.3 Å². The van der Waals surface area contributed by atoms with Crippen LogP contribution in [0.2, 0.25) is 0 Å². The fourth-order valence-corrected chi connectivity index (χ4v) is 3.38. The molecule has 208 valence electrons. The lowest BCUT2D eigenvalue weighted by atomic mass is 10.1. The molecule has 2 aromatic carbocycles. The molecule has 0 unspecified atom stereocenters. The molecule has 14 heteroatoms. The van der Waals surface area contributed by atoms with Gasteiger partial charge in [-0.25, -0.2) is 9.59 Å². The topological polar surface area (TPSA) is 164 Å². The summed E-state index contributed by atoms with van der Waals surface area (Å²) >= 11 is 0. The molecule has 38 heavy (non-hydrogen) atoms. The maximum atomic E-state index is 12.8. The minimum absolute atomic E-state index is 0.0687. The van der Waals surface area contributed by atoms with E-state index in [2.05, 4.69) is 10.6 Å². The van der Waals surface area contributed by atoms with E-state index in [0.29, 0.717) is 18.5 Å². The Labute approximate surface area is 215 Å². The molecule has 0 radical (unpaired) electrons. The monoisotopic (exact) mass is 544 g/mol. The van der Waals surface area contributed by atoms with Gasteiger partial charge in [0, 0.05) is 12.1 Å². The van der Waals surface area contributed by atoms with Crippen LogP contribution in [0.4, 0.5) is 13.2 Å². The van der Waals surface area contributed by atoms with Crippen LogP contribution in [0.25, 0.3) is 0 Å². The standard InChI is InChI=1S/C22H26N2O7.C2HF3O2/c1-29-18-10-14(11-19(30-2)20(18)26)22(28)31-17-4-3-9-23-12-16(17)24-21(27)13-5-7-15(25)8-6-13;3-2(4,5)1(6)7/h5-8,10-11,16-17,23,25-26H,3-4,9,12H2,1-2H3,(H,24,27);(H,6,7)/t16-,17-;/m1./s1. The van der Waals surface area contributed by atoms with Crippen molar-refractivity contribution in [1.29, 1.82) is 0 Å². The van der Waals surface area contributed by atoms with Crippen molar-refractivity contribution in [1.82, 2.24) is 10.6 Å². The third-order valence-electron chi connectivity index (χ3n) is 5.32. The first-order chi connectivity index (χ1) is 17.9. The van der Waals surface area contributed by atoms with Crippen molar-refractivity contribution in [2.24, 2.45) is 0 Å². The fourth-order valence-electron chi connectivity index (χ4n) is 3.38. The van der Waals surface area contributed by atoms with Crippen LogP contribution < -0.4 is 20.1 Å². The van der Waals surface area contributed by atoms with Gasteiger partial charge in [0.25, 0.3) is 5.91 Å². The van der Waals surface area contributed by atoms with Crippen molar-refractivity contribution in [3.8, 4) is 23.0 Å². The Morgan fingerprint density at radius 3 is 2.05 bits per heavy atom. The summed E-state index contributed by atoms with van der Waals surface area (Å²) in [6.07, 6.45) is -4.31. The molecule has 2 aromatic rings. The van der Waals surface area contributed by atoms with Gasteiger partial charge in [-0.2, -0.15) is 13.2 Å². The quantitative estimate of drug-likeness (QED) is 0.341. The molecule has 1 heterocycles. The zero-order chi connectivity index (χ0) is 28.5. The molecule has 1 amide bonds. The molecule has 0 bridgehead atoms. The number of esters is 1. The Morgan fingerprint density at radius 2 is 1.55 bits per heavy atom. The summed E-state index contributed by atoms with van der Waals surface area (Å²) in [6, 6.07) is 8.20. The molecule has 1 fully saturated rings. The van der Waals surface area contributed by atoms with Crippen molar-refractivity contribution in [3.63, 3.8) is 0 Å². The van der Waals surface area contributed by atoms with Crippen LogP contribution in [-0.4, -0.2) is 78.8 Å². The number of carbonyl (C=O) groups is 3. The third-order valence-corrected chi connectivity index (χ3v) is 5.32. The Hall–Kier alpha value is -4.20. The minimum atomic E-state index is -5.08. The van der Waals surface area contributed by atoms with Crippen molar-refractivity contribution >= 4 is 17.8 Å². The molecule has 11 nitrogen and oxygen atoms in total. The van der Waals surface area contributed by atoms with Crippen LogP contribution >= 0.6 is 0 Å². The van der Waals surface area contributed by atoms with Crippen molar-refractivity contribution < 1.29 is 57.1 Å². The van der Waals surface area contributed by atoms with E-state index in [1.165, 1.54) is 50.6 Å². The van der Waals surface area contributed by atoms with E-state index in [4.69, 9.17) is 24.1 Å². The lowest BCUT2D eigenvalue weighted by Crippen LogP contribution is -2.49. The summed E-state index contributed by atoms with van der Waals surface area (Å²) in [7, 11) is 2.74. The summed E-state index contributed by atoms with van der Waals surface area (Å²) in [5.74, 6) is -3.67. The number of rotatable bonds is 6. The van der Waals surface area contributed by atoms with Gasteiger partial charge in [0.05, 0.1) is 25.8 Å². The molecule has 0 spiro atoms. The smallest absolute Gasteiger partial charge is 0.490 e. The number of carbonyl (C=O) groups excluding carboxylic acids is 2. The molecule has 3 rings (SSSR count). The molecule has 0 saturated carbocycles. The number of hydrogen-bond donors (Lipinski definition) is 5. The number of phenolic OH excluding ortho intramolecular Hbond substituents is 2. The Kier molecular flexibility index (Phi) is 10.6. The number of methoxy groups -OCH3 is 2. The molecular weight excluding hydrogens is 517 g/mol. The molecule has 1 saturated heterocycles. The maximum absolute atomic E-state index is 12.8. The van der Waals surface area contributed by atoms with Crippen LogP contribution in [0.1, 0.15) is 33.6 Å². The zero-order valence-corrected chi connectivity index (χ0v) is 20.4. The Bertz CT molecular complexity index is 1100. The zero-order valence-electron chi connectivity index (χ0n) is 20.4. The number of benzene rings is 2. The van der Waals surface area contributed by atoms with Gasteiger partial charge >= 0.3 is 18.1 Å². The molecule has 5 N–H and O–H groups in total. The van der Waals surface area contributed by atoms with Gasteiger partial charge in [-0.3, -0.25) is 4.79 Å². The molecule has 1 aliphatic heterocycles. The highest BCUT2D eigenvalue weighted by Crippen LogP contribution is 2.37. The molecular formula is C24H27F3N2O9. The molecule has 1 aliphatic rings. The first kappa shape index (κ1) is 30.0. The van der Waals surface area contributed by atoms with Crippen LogP contribution in [0.3, 0.4) is 0 Å². The van der Waals surface area contributed by atoms with E-state index < -0.39 is 30.3 Å². The highest BCUT2D eigenvalue weighted by molar-refractivity contribution is 5.94. The number of aromatic hydroxyl groups is 2. The van der Waals surface area contributed by atoms with Gasteiger partial charge in [-0.1, -0.05) is 0 Å². The summed E-state index contributed by atoms with van der Waals surface area (Å²) in [5.41, 5.74) is 0.549. The van der Waals surface area contributed by atoms with Crippen molar-refractivity contribution in [3.05, 3.63) is 47.5 Å². The summed E-state index contributed by atoms with van der Waals surface area (Å²) in [6.45, 7) is 1.17. The predicted molar refractivity (Wildman–Crippen MR) is 126 cm³/mol. The number of phenols is 2. The number of alkyl halides is 3. The number of amides is 1. The second-order valence-electron chi connectivity index (χ2n) is 7.95. The van der Waals surface area contributed by atoms with E-state index in [0.717, 1.165) is 13.0 Å². The molecule has 0 aromatic heterocycles. The van der Waals surface area contributed by atoms with Gasteiger partial charge in [0.15, 0.2) is 11.5 Å². The number of nitrogens with one attached hydrogen (secondary N) is 2. The van der Waals surface area contributed by atoms with Gasteiger partial charge < -0.3 is 40.2 Å². The van der Waals surface area contributed by atoms with E-state index >= 15 is 0 Å². The maximum Gasteiger partial charge on any atom is 0.490 e. The van der Waals surface area contributed by atoms with Gasteiger partial charge in [-0.15, -0.1) is 0 Å². The SMILES string of the molecule is COc1cc(C(=O)O[C@@H]2CCCNC[C@H]2NC(=O)c2ccc(O)cc2)cc(OC)c1O.O=C(O)C(F)(F)F. The second kappa shape index (κ2) is 13.4. The van der Waals surface area contributed by atoms with Crippen LogP contribution in [0.5, 0.6) is 23.0 Å². The van der Waals surface area contributed by atoms with Crippen LogP contribution in [0.15, 0.2) is 36.4 Å². The minimum Gasteiger partial charge on any atom is -0.508 e. The highest BCUT2D eigenvalue weighted by atomic mass is 19.4. The van der Waals surface area contributed by atoms with E-state index in [1.807, 2.05) is 0 Å².